The molecule has 1 aromatic heterocycles. The summed E-state index contributed by atoms with van der Waals surface area (Å²) in [6, 6.07) is 5.27. The van der Waals surface area contributed by atoms with Crippen LogP contribution in [-0.2, 0) is 0 Å². The molecular formula is C10H10N2O. The summed E-state index contributed by atoms with van der Waals surface area (Å²) in [6.07, 6.45) is 4.11. The molecule has 3 heteroatoms. The summed E-state index contributed by atoms with van der Waals surface area (Å²) in [5.74, 6) is 0.487. The molecular weight excluding hydrogens is 164 g/mol. The van der Waals surface area contributed by atoms with Gasteiger partial charge in [0.2, 0.25) is 5.88 Å². The van der Waals surface area contributed by atoms with E-state index in [-0.39, 0.29) is 0 Å². The smallest absolute Gasteiger partial charge is 0.214 e. The Balaban J connectivity index is 2.57. The van der Waals surface area contributed by atoms with Crippen LogP contribution in [0.15, 0.2) is 31.0 Å². The van der Waals surface area contributed by atoms with Crippen LogP contribution in [0.2, 0.25) is 0 Å². The molecule has 13 heavy (non-hydrogen) atoms. The Morgan fingerprint density at radius 2 is 2.54 bits per heavy atom. The highest BCUT2D eigenvalue weighted by Crippen LogP contribution is 2.08. The first-order valence-electron chi connectivity index (χ1n) is 3.96. The molecule has 1 rings (SSSR count). The molecule has 0 atom stereocenters. The fourth-order valence-corrected chi connectivity index (χ4v) is 0.805. The average Bonchev–Trinajstić information content (AvgIpc) is 2.19. The molecule has 0 saturated heterocycles. The zero-order valence-corrected chi connectivity index (χ0v) is 7.23. The van der Waals surface area contributed by atoms with Crippen molar-refractivity contribution in [2.24, 2.45) is 0 Å². The summed E-state index contributed by atoms with van der Waals surface area (Å²) < 4.78 is 5.26. The van der Waals surface area contributed by atoms with Crippen LogP contribution < -0.4 is 4.74 Å². The molecule has 1 heterocycles. The van der Waals surface area contributed by atoms with Crippen molar-refractivity contribution in [3.05, 3.63) is 36.5 Å². The minimum atomic E-state index is 0.487. The number of pyridine rings is 1. The molecule has 3 nitrogen and oxygen atoms in total. The molecule has 0 unspecified atom stereocenters. The van der Waals surface area contributed by atoms with Crippen molar-refractivity contribution in [2.45, 2.75) is 6.42 Å². The molecule has 0 spiro atoms. The Labute approximate surface area is 77.3 Å². The lowest BCUT2D eigenvalue weighted by Gasteiger charge is -2.02. The van der Waals surface area contributed by atoms with E-state index >= 15 is 0 Å². The summed E-state index contributed by atoms with van der Waals surface area (Å²) in [5, 5.41) is 8.58. The second-order valence-corrected chi connectivity index (χ2v) is 2.42. The lowest BCUT2D eigenvalue weighted by atomic mass is 10.3. The maximum absolute atomic E-state index is 8.58. The van der Waals surface area contributed by atoms with Gasteiger partial charge in [0.05, 0.1) is 18.2 Å². The predicted octanol–water partition coefficient (Wildman–Crippen LogP) is 1.91. The van der Waals surface area contributed by atoms with Gasteiger partial charge in [0.25, 0.3) is 0 Å². The van der Waals surface area contributed by atoms with E-state index in [1.807, 2.05) is 6.07 Å². The van der Waals surface area contributed by atoms with Crippen molar-refractivity contribution >= 4 is 0 Å². The Bertz CT molecular complexity index is 328. The second-order valence-electron chi connectivity index (χ2n) is 2.42. The van der Waals surface area contributed by atoms with Crippen LogP contribution >= 0.6 is 0 Å². The number of hydrogen-bond acceptors (Lipinski definition) is 3. The van der Waals surface area contributed by atoms with Gasteiger partial charge in [0.1, 0.15) is 0 Å². The zero-order valence-electron chi connectivity index (χ0n) is 7.23. The summed E-state index contributed by atoms with van der Waals surface area (Å²) in [5.41, 5.74) is 0.559. The van der Waals surface area contributed by atoms with Gasteiger partial charge < -0.3 is 4.74 Å². The van der Waals surface area contributed by atoms with Crippen molar-refractivity contribution in [1.82, 2.24) is 4.98 Å². The van der Waals surface area contributed by atoms with E-state index in [9.17, 15) is 0 Å². The van der Waals surface area contributed by atoms with Crippen LogP contribution in [0.4, 0.5) is 0 Å². The van der Waals surface area contributed by atoms with Gasteiger partial charge >= 0.3 is 0 Å². The van der Waals surface area contributed by atoms with Crippen LogP contribution in [-0.4, -0.2) is 11.6 Å². The van der Waals surface area contributed by atoms with Crippen LogP contribution in [0.25, 0.3) is 0 Å². The first kappa shape index (κ1) is 9.27. The summed E-state index contributed by atoms with van der Waals surface area (Å²) in [7, 11) is 0. The van der Waals surface area contributed by atoms with Gasteiger partial charge in [-0.25, -0.2) is 4.98 Å². The number of nitrogens with zero attached hydrogens (tertiary/aromatic N) is 2. The van der Waals surface area contributed by atoms with Crippen molar-refractivity contribution in [2.75, 3.05) is 6.61 Å². The van der Waals surface area contributed by atoms with Gasteiger partial charge in [0, 0.05) is 12.3 Å². The molecule has 1 aromatic rings. The average molecular weight is 174 g/mol. The normalized spacial score (nSPS) is 8.85. The number of rotatable bonds is 4. The molecule has 0 aliphatic rings. The minimum Gasteiger partial charge on any atom is -0.477 e. The van der Waals surface area contributed by atoms with Gasteiger partial charge in [-0.2, -0.15) is 5.26 Å². The molecule has 0 amide bonds. The SMILES string of the molecule is C=CCCOc1cc(C#N)ccn1. The van der Waals surface area contributed by atoms with Gasteiger partial charge in [-0.3, -0.25) is 0 Å². The lowest BCUT2D eigenvalue weighted by molar-refractivity contribution is 0.312. The zero-order chi connectivity index (χ0) is 9.52. The van der Waals surface area contributed by atoms with E-state index < -0.39 is 0 Å². The molecule has 66 valence electrons. The highest BCUT2D eigenvalue weighted by Gasteiger charge is 1.95. The molecule has 0 radical (unpaired) electrons. The van der Waals surface area contributed by atoms with Gasteiger partial charge in [-0.05, 0) is 12.5 Å². The molecule has 0 fully saturated rings. The van der Waals surface area contributed by atoms with Gasteiger partial charge in [-0.15, -0.1) is 6.58 Å². The third-order valence-corrected chi connectivity index (χ3v) is 1.44. The fourth-order valence-electron chi connectivity index (χ4n) is 0.805. The van der Waals surface area contributed by atoms with Crippen LogP contribution in [0.5, 0.6) is 5.88 Å². The topological polar surface area (TPSA) is 45.9 Å². The summed E-state index contributed by atoms with van der Waals surface area (Å²) in [4.78, 5) is 3.95. The van der Waals surface area contributed by atoms with Crippen LogP contribution in [0, 0.1) is 11.3 Å². The summed E-state index contributed by atoms with van der Waals surface area (Å²) >= 11 is 0. The third kappa shape index (κ3) is 2.96. The van der Waals surface area contributed by atoms with E-state index in [1.165, 1.54) is 0 Å². The highest BCUT2D eigenvalue weighted by atomic mass is 16.5. The van der Waals surface area contributed by atoms with E-state index in [2.05, 4.69) is 11.6 Å². The number of aromatic nitrogens is 1. The number of ether oxygens (including phenoxy) is 1. The second kappa shape index (κ2) is 4.94. The Hall–Kier alpha value is -1.82. The van der Waals surface area contributed by atoms with Crippen LogP contribution in [0.3, 0.4) is 0 Å². The van der Waals surface area contributed by atoms with Crippen molar-refractivity contribution in [3.8, 4) is 11.9 Å². The lowest BCUT2D eigenvalue weighted by Crippen LogP contribution is -1.97. The Morgan fingerprint density at radius 1 is 1.69 bits per heavy atom. The van der Waals surface area contributed by atoms with E-state index in [1.54, 1.807) is 24.4 Å². The standard InChI is InChI=1S/C10H10N2O/c1-2-3-6-13-10-7-9(8-11)4-5-12-10/h2,4-5,7H,1,3,6H2. The Morgan fingerprint density at radius 3 is 3.23 bits per heavy atom. The number of nitriles is 1. The molecule has 0 aromatic carbocycles. The molecule has 0 bridgehead atoms. The highest BCUT2D eigenvalue weighted by molar-refractivity contribution is 5.31. The molecule has 0 saturated carbocycles. The van der Waals surface area contributed by atoms with Crippen LogP contribution in [0.1, 0.15) is 12.0 Å². The van der Waals surface area contributed by atoms with Gasteiger partial charge in [-0.1, -0.05) is 6.08 Å². The third-order valence-electron chi connectivity index (χ3n) is 1.44. The minimum absolute atomic E-state index is 0.487. The molecule has 0 aliphatic heterocycles. The quantitative estimate of drug-likeness (QED) is 0.517. The first-order chi connectivity index (χ1) is 6.36. The van der Waals surface area contributed by atoms with Crippen molar-refractivity contribution in [3.63, 3.8) is 0 Å². The van der Waals surface area contributed by atoms with E-state index in [4.69, 9.17) is 10.00 Å². The largest absolute Gasteiger partial charge is 0.477 e. The Kier molecular flexibility index (Phi) is 3.52. The van der Waals surface area contributed by atoms with Crippen molar-refractivity contribution in [1.29, 1.82) is 5.26 Å². The van der Waals surface area contributed by atoms with Gasteiger partial charge in [0.15, 0.2) is 0 Å². The molecule has 0 aliphatic carbocycles. The van der Waals surface area contributed by atoms with E-state index in [0.29, 0.717) is 18.1 Å². The molecule has 0 N–H and O–H groups in total. The van der Waals surface area contributed by atoms with Crippen molar-refractivity contribution < 1.29 is 4.74 Å². The maximum Gasteiger partial charge on any atom is 0.214 e. The summed E-state index contributed by atoms with van der Waals surface area (Å²) in [6.45, 7) is 4.12. The monoisotopic (exact) mass is 174 g/mol. The maximum atomic E-state index is 8.58. The fraction of sp³-hybridized carbons (Fsp3) is 0.200. The first-order valence-corrected chi connectivity index (χ1v) is 3.96. The predicted molar refractivity (Wildman–Crippen MR) is 49.3 cm³/mol. The number of hydrogen-bond donors (Lipinski definition) is 0. The van der Waals surface area contributed by atoms with E-state index in [0.717, 1.165) is 6.42 Å².